The summed E-state index contributed by atoms with van der Waals surface area (Å²) in [6.45, 7) is -0.160. The number of rotatable bonds is 4. The molecule has 1 amide bonds. The molecule has 0 radical (unpaired) electrons. The third-order valence-corrected chi connectivity index (χ3v) is 5.52. The van der Waals surface area contributed by atoms with E-state index in [2.05, 4.69) is 26.2 Å². The van der Waals surface area contributed by atoms with Crippen LogP contribution in [0.25, 0.3) is 21.3 Å². The molecule has 0 saturated heterocycles. The summed E-state index contributed by atoms with van der Waals surface area (Å²) in [5.41, 5.74) is 1.72. The summed E-state index contributed by atoms with van der Waals surface area (Å²) in [4.78, 5) is 30.2. The molecule has 28 heavy (non-hydrogen) atoms. The highest BCUT2D eigenvalue weighted by molar-refractivity contribution is 9.10. The summed E-state index contributed by atoms with van der Waals surface area (Å²) in [6, 6.07) is 13.1. The molecule has 2 aromatic carbocycles. The smallest absolute Gasteiger partial charge is 0.263 e. The largest absolute Gasteiger partial charge is 0.324 e. The Morgan fingerprint density at radius 2 is 2.00 bits per heavy atom. The number of thiophene rings is 1. The molecule has 0 saturated carbocycles. The number of hydrogen-bond acceptors (Lipinski definition) is 4. The van der Waals surface area contributed by atoms with E-state index in [9.17, 15) is 14.0 Å². The fourth-order valence-corrected chi connectivity index (χ4v) is 4.15. The van der Waals surface area contributed by atoms with Gasteiger partial charge in [-0.05, 0) is 35.9 Å². The third kappa shape index (κ3) is 3.74. The van der Waals surface area contributed by atoms with Crippen molar-refractivity contribution in [3.8, 4) is 11.1 Å². The van der Waals surface area contributed by atoms with Gasteiger partial charge in [-0.3, -0.25) is 14.2 Å². The molecule has 140 valence electrons. The number of hydrogen-bond donors (Lipinski definition) is 1. The third-order valence-electron chi connectivity index (χ3n) is 4.14. The molecular weight excluding hydrogens is 445 g/mol. The quantitative estimate of drug-likeness (QED) is 0.484. The SMILES string of the molecule is O=C(Cn1cnc2scc(-c3ccc(F)cc3)c2c1=O)Nc1cccc(Br)c1. The number of aromatic nitrogens is 2. The summed E-state index contributed by atoms with van der Waals surface area (Å²) < 4.78 is 15.3. The lowest BCUT2D eigenvalue weighted by atomic mass is 10.1. The van der Waals surface area contributed by atoms with Crippen LogP contribution in [0.1, 0.15) is 0 Å². The molecule has 0 atom stereocenters. The zero-order chi connectivity index (χ0) is 19.7. The summed E-state index contributed by atoms with van der Waals surface area (Å²) in [7, 11) is 0. The van der Waals surface area contributed by atoms with Gasteiger partial charge in [-0.15, -0.1) is 11.3 Å². The molecular formula is C20H13BrFN3O2S. The van der Waals surface area contributed by atoms with E-state index in [0.717, 1.165) is 10.0 Å². The van der Waals surface area contributed by atoms with Crippen molar-refractivity contribution in [3.05, 3.63) is 80.9 Å². The van der Waals surface area contributed by atoms with Gasteiger partial charge in [0.2, 0.25) is 5.91 Å². The first kappa shape index (κ1) is 18.5. The van der Waals surface area contributed by atoms with Crippen LogP contribution in [-0.4, -0.2) is 15.5 Å². The highest BCUT2D eigenvalue weighted by Crippen LogP contribution is 2.30. The summed E-state index contributed by atoms with van der Waals surface area (Å²) in [6.07, 6.45) is 1.37. The minimum atomic E-state index is -0.344. The maximum absolute atomic E-state index is 13.2. The number of nitrogens with one attached hydrogen (secondary N) is 1. The lowest BCUT2D eigenvalue weighted by molar-refractivity contribution is -0.116. The van der Waals surface area contributed by atoms with E-state index < -0.39 is 0 Å². The molecule has 0 bridgehead atoms. The highest BCUT2D eigenvalue weighted by Gasteiger charge is 2.15. The van der Waals surface area contributed by atoms with Crippen molar-refractivity contribution in [2.24, 2.45) is 0 Å². The van der Waals surface area contributed by atoms with Crippen LogP contribution in [0.2, 0.25) is 0 Å². The second-order valence-electron chi connectivity index (χ2n) is 6.07. The van der Waals surface area contributed by atoms with E-state index in [0.29, 0.717) is 21.5 Å². The minimum absolute atomic E-state index is 0.160. The van der Waals surface area contributed by atoms with Crippen molar-refractivity contribution in [2.45, 2.75) is 6.54 Å². The Kier molecular flexibility index (Phi) is 5.06. The van der Waals surface area contributed by atoms with Crippen molar-refractivity contribution in [2.75, 3.05) is 5.32 Å². The van der Waals surface area contributed by atoms with Gasteiger partial charge in [-0.1, -0.05) is 34.1 Å². The van der Waals surface area contributed by atoms with Crippen molar-refractivity contribution in [1.29, 1.82) is 0 Å². The van der Waals surface area contributed by atoms with Gasteiger partial charge >= 0.3 is 0 Å². The van der Waals surface area contributed by atoms with Crippen LogP contribution in [0.5, 0.6) is 0 Å². The van der Waals surface area contributed by atoms with Crippen molar-refractivity contribution in [3.63, 3.8) is 0 Å². The first-order valence-electron chi connectivity index (χ1n) is 8.29. The van der Waals surface area contributed by atoms with Gasteiger partial charge in [0.15, 0.2) is 0 Å². The summed E-state index contributed by atoms with van der Waals surface area (Å²) in [5.74, 6) is -0.678. The van der Waals surface area contributed by atoms with E-state index in [1.165, 1.54) is 34.4 Å². The van der Waals surface area contributed by atoms with E-state index >= 15 is 0 Å². The Labute approximate surface area is 171 Å². The molecule has 1 N–H and O–H groups in total. The molecule has 5 nitrogen and oxygen atoms in total. The average molecular weight is 458 g/mol. The van der Waals surface area contributed by atoms with Crippen LogP contribution in [0.15, 0.2) is 69.5 Å². The van der Waals surface area contributed by atoms with Gasteiger partial charge in [0.05, 0.1) is 11.7 Å². The molecule has 4 aromatic rings. The topological polar surface area (TPSA) is 64.0 Å². The van der Waals surface area contributed by atoms with Crippen LogP contribution in [-0.2, 0) is 11.3 Å². The molecule has 0 fully saturated rings. The first-order chi connectivity index (χ1) is 13.5. The predicted molar refractivity (Wildman–Crippen MR) is 112 cm³/mol. The standard InChI is InChI=1S/C20H13BrFN3O2S/c21-13-2-1-3-15(8-13)24-17(26)9-25-11-23-19-18(20(25)27)16(10-28-19)12-4-6-14(22)7-5-12/h1-8,10-11H,9H2,(H,24,26). The Morgan fingerprint density at radius 1 is 1.21 bits per heavy atom. The van der Waals surface area contributed by atoms with E-state index in [1.54, 1.807) is 30.3 Å². The molecule has 2 aromatic heterocycles. The van der Waals surface area contributed by atoms with Gasteiger partial charge in [-0.25, -0.2) is 9.37 Å². The van der Waals surface area contributed by atoms with E-state index in [-0.39, 0.29) is 23.8 Å². The normalized spacial score (nSPS) is 10.9. The van der Waals surface area contributed by atoms with Crippen LogP contribution in [0.4, 0.5) is 10.1 Å². The molecule has 0 unspecified atom stereocenters. The summed E-state index contributed by atoms with van der Waals surface area (Å²) in [5, 5.41) is 5.00. The molecule has 4 rings (SSSR count). The fraction of sp³-hybridized carbons (Fsp3) is 0.0500. The second kappa shape index (κ2) is 7.65. The van der Waals surface area contributed by atoms with Crippen molar-refractivity contribution in [1.82, 2.24) is 9.55 Å². The van der Waals surface area contributed by atoms with E-state index in [1.807, 2.05) is 11.4 Å². The predicted octanol–water partition coefficient (Wildman–Crippen LogP) is 4.67. The number of amides is 1. The lowest BCUT2D eigenvalue weighted by Gasteiger charge is -2.08. The monoisotopic (exact) mass is 457 g/mol. The highest BCUT2D eigenvalue weighted by atomic mass is 79.9. The lowest BCUT2D eigenvalue weighted by Crippen LogP contribution is -2.27. The Hall–Kier alpha value is -2.84. The molecule has 0 spiro atoms. The summed E-state index contributed by atoms with van der Waals surface area (Å²) >= 11 is 4.68. The van der Waals surface area contributed by atoms with Crippen molar-refractivity contribution >= 4 is 49.1 Å². The molecule has 0 aliphatic carbocycles. The Bertz CT molecular complexity index is 1230. The number of benzene rings is 2. The Morgan fingerprint density at radius 3 is 2.75 bits per heavy atom. The second-order valence-corrected chi connectivity index (χ2v) is 7.85. The average Bonchev–Trinajstić information content (AvgIpc) is 3.09. The molecule has 0 aliphatic rings. The molecule has 8 heteroatoms. The van der Waals surface area contributed by atoms with Gasteiger partial charge in [0.25, 0.3) is 5.56 Å². The number of carbonyl (C=O) groups excluding carboxylic acids is 1. The van der Waals surface area contributed by atoms with Crippen LogP contribution in [0.3, 0.4) is 0 Å². The maximum Gasteiger partial charge on any atom is 0.263 e. The van der Waals surface area contributed by atoms with Gasteiger partial charge in [0.1, 0.15) is 17.2 Å². The van der Waals surface area contributed by atoms with Crippen LogP contribution < -0.4 is 10.9 Å². The van der Waals surface area contributed by atoms with Crippen LogP contribution >= 0.6 is 27.3 Å². The van der Waals surface area contributed by atoms with Crippen LogP contribution in [0, 0.1) is 5.82 Å². The number of anilines is 1. The fourth-order valence-electron chi connectivity index (χ4n) is 2.84. The Balaban J connectivity index is 1.66. The van der Waals surface area contributed by atoms with Crippen molar-refractivity contribution < 1.29 is 9.18 Å². The van der Waals surface area contributed by atoms with Gasteiger partial charge in [0, 0.05) is 21.1 Å². The minimum Gasteiger partial charge on any atom is -0.324 e. The number of nitrogens with zero attached hydrogens (tertiary/aromatic N) is 2. The number of halogens is 2. The molecule has 2 heterocycles. The first-order valence-corrected chi connectivity index (χ1v) is 9.96. The zero-order valence-corrected chi connectivity index (χ0v) is 16.8. The van der Waals surface area contributed by atoms with Gasteiger partial charge < -0.3 is 5.32 Å². The number of fused-ring (bicyclic) bond motifs is 1. The van der Waals surface area contributed by atoms with E-state index in [4.69, 9.17) is 0 Å². The van der Waals surface area contributed by atoms with Gasteiger partial charge in [-0.2, -0.15) is 0 Å². The maximum atomic E-state index is 13.2. The zero-order valence-electron chi connectivity index (χ0n) is 14.4. The number of carbonyl (C=O) groups is 1. The molecule has 0 aliphatic heterocycles.